The highest BCUT2D eigenvalue weighted by Crippen LogP contribution is 2.27. The van der Waals surface area contributed by atoms with E-state index in [2.05, 4.69) is 0 Å². The molecule has 2 atom stereocenters. The van der Waals surface area contributed by atoms with E-state index in [1.807, 2.05) is 6.92 Å². The molecule has 1 aliphatic rings. The number of nitrogen functional groups attached to an aromatic ring is 1. The van der Waals surface area contributed by atoms with Crippen LogP contribution < -0.4 is 5.73 Å². The smallest absolute Gasteiger partial charge is 0.243 e. The first-order valence-electron chi connectivity index (χ1n) is 6.88. The summed E-state index contributed by atoms with van der Waals surface area (Å²) in [6, 6.07) is 5.01. The second-order valence-corrected chi connectivity index (χ2v) is 7.00. The maximum atomic E-state index is 12.8. The highest BCUT2D eigenvalue weighted by atomic mass is 32.2. The Morgan fingerprint density at radius 3 is 2.29 bits per heavy atom. The number of rotatable bonds is 5. The van der Waals surface area contributed by atoms with Crippen LogP contribution in [0.25, 0.3) is 0 Å². The molecule has 2 N–H and O–H groups in total. The van der Waals surface area contributed by atoms with Gasteiger partial charge in [0.05, 0.1) is 17.1 Å². The van der Waals surface area contributed by atoms with E-state index in [0.717, 1.165) is 5.56 Å². The van der Waals surface area contributed by atoms with Crippen LogP contribution in [0.3, 0.4) is 0 Å². The number of nitrogens with two attached hydrogens (primary N) is 1. The van der Waals surface area contributed by atoms with Gasteiger partial charge in [0.1, 0.15) is 0 Å². The molecule has 7 heteroatoms. The number of ether oxygens (including phenoxy) is 2. The highest BCUT2D eigenvalue weighted by molar-refractivity contribution is 7.89. The summed E-state index contributed by atoms with van der Waals surface area (Å²) in [4.78, 5) is 0.275. The first kappa shape index (κ1) is 16.2. The summed E-state index contributed by atoms with van der Waals surface area (Å²) in [5.74, 6) is 0. The number of hydrogen-bond donors (Lipinski definition) is 1. The van der Waals surface area contributed by atoms with Crippen molar-refractivity contribution in [2.24, 2.45) is 0 Å². The highest BCUT2D eigenvalue weighted by Gasteiger charge is 2.40. The Morgan fingerprint density at radius 1 is 1.24 bits per heavy atom. The molecule has 0 spiro atoms. The lowest BCUT2D eigenvalue weighted by molar-refractivity contribution is -0.00461. The Labute approximate surface area is 125 Å². The number of aryl methyl sites for hydroxylation is 1. The van der Waals surface area contributed by atoms with Gasteiger partial charge in [-0.1, -0.05) is 13.0 Å². The number of methoxy groups -OCH3 is 2. The first-order chi connectivity index (χ1) is 9.93. The first-order valence-corrected chi connectivity index (χ1v) is 8.32. The molecule has 6 nitrogen and oxygen atoms in total. The van der Waals surface area contributed by atoms with Crippen LogP contribution in [0, 0.1) is 0 Å². The molecule has 0 radical (unpaired) electrons. The molecule has 1 heterocycles. The van der Waals surface area contributed by atoms with Crippen LogP contribution >= 0.6 is 0 Å². The molecule has 0 bridgehead atoms. The van der Waals surface area contributed by atoms with E-state index < -0.39 is 10.0 Å². The van der Waals surface area contributed by atoms with Crippen molar-refractivity contribution in [3.05, 3.63) is 23.8 Å². The molecule has 0 aliphatic carbocycles. The van der Waals surface area contributed by atoms with Gasteiger partial charge in [0.2, 0.25) is 10.0 Å². The molecule has 0 saturated carbocycles. The summed E-state index contributed by atoms with van der Waals surface area (Å²) < 4.78 is 37.7. The summed E-state index contributed by atoms with van der Waals surface area (Å²) in [6.07, 6.45) is 0.121. The van der Waals surface area contributed by atoms with E-state index in [0.29, 0.717) is 12.1 Å². The van der Waals surface area contributed by atoms with E-state index in [-0.39, 0.29) is 30.2 Å². The summed E-state index contributed by atoms with van der Waals surface area (Å²) in [6.45, 7) is 2.50. The van der Waals surface area contributed by atoms with E-state index in [4.69, 9.17) is 15.2 Å². The molecule has 118 valence electrons. The molecular formula is C14H22N2O4S. The summed E-state index contributed by atoms with van der Waals surface area (Å²) in [5.41, 5.74) is 6.96. The molecule has 0 aromatic heterocycles. The van der Waals surface area contributed by atoms with Gasteiger partial charge in [-0.3, -0.25) is 0 Å². The zero-order valence-electron chi connectivity index (χ0n) is 12.6. The second kappa shape index (κ2) is 6.31. The van der Waals surface area contributed by atoms with Gasteiger partial charge in [-0.25, -0.2) is 8.42 Å². The third-order valence-electron chi connectivity index (χ3n) is 3.88. The lowest BCUT2D eigenvalue weighted by atomic mass is 10.1. The van der Waals surface area contributed by atoms with Crippen molar-refractivity contribution in [1.82, 2.24) is 4.31 Å². The lowest BCUT2D eigenvalue weighted by Crippen LogP contribution is -2.31. The number of hydrogen-bond acceptors (Lipinski definition) is 5. The van der Waals surface area contributed by atoms with Crippen LogP contribution in [0.15, 0.2) is 23.1 Å². The predicted octanol–water partition coefficient (Wildman–Crippen LogP) is 0.865. The minimum atomic E-state index is -3.60. The van der Waals surface area contributed by atoms with Gasteiger partial charge in [-0.05, 0) is 24.1 Å². The van der Waals surface area contributed by atoms with Crippen LogP contribution in [-0.4, -0.2) is 52.2 Å². The Balaban J connectivity index is 2.37. The molecule has 2 unspecified atom stereocenters. The van der Waals surface area contributed by atoms with Crippen LogP contribution in [0.1, 0.15) is 12.5 Å². The maximum Gasteiger partial charge on any atom is 0.243 e. The summed E-state index contributed by atoms with van der Waals surface area (Å²) in [5, 5.41) is 0. The van der Waals surface area contributed by atoms with Crippen molar-refractivity contribution in [2.75, 3.05) is 33.0 Å². The second-order valence-electron chi connectivity index (χ2n) is 5.09. The Hall–Kier alpha value is -1.15. The zero-order valence-corrected chi connectivity index (χ0v) is 13.4. The molecule has 1 saturated heterocycles. The zero-order chi connectivity index (χ0) is 15.6. The molecule has 2 rings (SSSR count). The van der Waals surface area contributed by atoms with Crippen molar-refractivity contribution in [3.63, 3.8) is 0 Å². The van der Waals surface area contributed by atoms with Crippen LogP contribution in [-0.2, 0) is 25.9 Å². The number of nitrogens with zero attached hydrogens (tertiary/aromatic N) is 1. The van der Waals surface area contributed by atoms with E-state index in [9.17, 15) is 8.42 Å². The van der Waals surface area contributed by atoms with E-state index in [1.54, 1.807) is 26.4 Å². The van der Waals surface area contributed by atoms with Gasteiger partial charge < -0.3 is 15.2 Å². The summed E-state index contributed by atoms with van der Waals surface area (Å²) in [7, 11) is -0.476. The fourth-order valence-electron chi connectivity index (χ4n) is 2.60. The average Bonchev–Trinajstić information content (AvgIpc) is 2.91. The molecular weight excluding hydrogens is 292 g/mol. The van der Waals surface area contributed by atoms with Gasteiger partial charge in [0.15, 0.2) is 0 Å². The normalized spacial score (nSPS) is 23.6. The SMILES string of the molecule is CCc1ccc(N)cc1S(=O)(=O)N1CC(OC)C(OC)C1. The molecule has 1 aromatic carbocycles. The Morgan fingerprint density at radius 2 is 1.81 bits per heavy atom. The largest absolute Gasteiger partial charge is 0.399 e. The average molecular weight is 314 g/mol. The van der Waals surface area contributed by atoms with Crippen LogP contribution in [0.4, 0.5) is 5.69 Å². The topological polar surface area (TPSA) is 81.9 Å². The van der Waals surface area contributed by atoms with Crippen molar-refractivity contribution in [1.29, 1.82) is 0 Å². The molecule has 1 aliphatic heterocycles. The molecule has 1 aromatic rings. The predicted molar refractivity (Wildman–Crippen MR) is 80.6 cm³/mol. The van der Waals surface area contributed by atoms with Gasteiger partial charge >= 0.3 is 0 Å². The van der Waals surface area contributed by atoms with Crippen LogP contribution in [0.2, 0.25) is 0 Å². The van der Waals surface area contributed by atoms with Crippen molar-refractivity contribution in [2.45, 2.75) is 30.4 Å². The maximum absolute atomic E-state index is 12.8. The number of anilines is 1. The van der Waals surface area contributed by atoms with Crippen molar-refractivity contribution < 1.29 is 17.9 Å². The molecule has 0 amide bonds. The minimum Gasteiger partial charge on any atom is -0.399 e. The van der Waals surface area contributed by atoms with E-state index in [1.165, 1.54) is 10.4 Å². The quantitative estimate of drug-likeness (QED) is 0.815. The number of sulfonamides is 1. The molecule has 21 heavy (non-hydrogen) atoms. The van der Waals surface area contributed by atoms with Crippen LogP contribution in [0.5, 0.6) is 0 Å². The Bertz CT molecular complexity index is 591. The van der Waals surface area contributed by atoms with Gasteiger partial charge in [-0.2, -0.15) is 4.31 Å². The van der Waals surface area contributed by atoms with Gasteiger partial charge in [0, 0.05) is 33.0 Å². The van der Waals surface area contributed by atoms with Gasteiger partial charge in [-0.15, -0.1) is 0 Å². The Kier molecular flexibility index (Phi) is 4.88. The fraction of sp³-hybridized carbons (Fsp3) is 0.571. The van der Waals surface area contributed by atoms with Gasteiger partial charge in [0.25, 0.3) is 0 Å². The standard InChI is InChI=1S/C14H22N2O4S/c1-4-10-5-6-11(15)7-14(10)21(17,18)16-8-12(19-2)13(9-16)20-3/h5-7,12-13H,4,8-9,15H2,1-3H3. The molecule has 1 fully saturated rings. The summed E-state index contributed by atoms with van der Waals surface area (Å²) >= 11 is 0. The van der Waals surface area contributed by atoms with E-state index >= 15 is 0 Å². The van der Waals surface area contributed by atoms with Crippen molar-refractivity contribution in [3.8, 4) is 0 Å². The monoisotopic (exact) mass is 314 g/mol. The third-order valence-corrected chi connectivity index (χ3v) is 5.79. The van der Waals surface area contributed by atoms with Crippen molar-refractivity contribution >= 4 is 15.7 Å². The minimum absolute atomic E-state index is 0.254. The fourth-order valence-corrected chi connectivity index (χ4v) is 4.40. The third kappa shape index (κ3) is 3.06. The lowest BCUT2D eigenvalue weighted by Gasteiger charge is -2.18. The number of benzene rings is 1.